The molecule has 6 unspecified atom stereocenters. The fourth-order valence-electron chi connectivity index (χ4n) is 5.00. The van der Waals surface area contributed by atoms with Crippen molar-refractivity contribution < 1.29 is 14.6 Å². The Morgan fingerprint density at radius 3 is 1.52 bits per heavy atom. The van der Waals surface area contributed by atoms with Crippen LogP contribution in [0.2, 0.25) is 0 Å². The Morgan fingerprint density at radius 2 is 1.03 bits per heavy atom. The van der Waals surface area contributed by atoms with Crippen LogP contribution in [0.5, 0.6) is 0 Å². The van der Waals surface area contributed by atoms with Gasteiger partial charge in [0, 0.05) is 13.2 Å². The minimum atomic E-state index is -0.167. The van der Waals surface area contributed by atoms with Gasteiger partial charge in [-0.3, -0.25) is 0 Å². The average molecular weight is 415 g/mol. The van der Waals surface area contributed by atoms with Crippen LogP contribution in [0.15, 0.2) is 0 Å². The summed E-state index contributed by atoms with van der Waals surface area (Å²) in [6.45, 7) is 18.1. The van der Waals surface area contributed by atoms with Gasteiger partial charge in [-0.2, -0.15) is 0 Å². The van der Waals surface area contributed by atoms with Gasteiger partial charge in [0.05, 0.1) is 6.10 Å². The van der Waals surface area contributed by atoms with E-state index in [1.807, 2.05) is 6.92 Å². The topological polar surface area (TPSA) is 38.7 Å². The molecule has 0 aliphatic carbocycles. The van der Waals surface area contributed by atoms with Crippen LogP contribution in [0, 0.1) is 29.6 Å². The summed E-state index contributed by atoms with van der Waals surface area (Å²) in [4.78, 5) is 0. The molecule has 176 valence electrons. The summed E-state index contributed by atoms with van der Waals surface area (Å²) in [7, 11) is 0. The molecule has 3 nitrogen and oxygen atoms in total. The van der Waals surface area contributed by atoms with Crippen molar-refractivity contribution in [1.82, 2.24) is 0 Å². The number of unbranched alkanes of at least 4 members (excludes halogenated alkanes) is 2. The molecule has 6 atom stereocenters. The Hall–Kier alpha value is -0.120. The predicted molar refractivity (Wildman–Crippen MR) is 126 cm³/mol. The van der Waals surface area contributed by atoms with Crippen molar-refractivity contribution >= 4 is 0 Å². The third kappa shape index (κ3) is 19.6. The molecule has 0 heterocycles. The molecule has 0 aromatic rings. The zero-order valence-corrected chi connectivity index (χ0v) is 20.9. The summed E-state index contributed by atoms with van der Waals surface area (Å²) in [6.07, 6.45) is 12.0. The van der Waals surface area contributed by atoms with E-state index >= 15 is 0 Å². The van der Waals surface area contributed by atoms with E-state index in [0.717, 1.165) is 56.1 Å². The second-order valence-corrected chi connectivity index (χ2v) is 10.3. The van der Waals surface area contributed by atoms with Crippen LogP contribution >= 0.6 is 0 Å². The Kier molecular flexibility index (Phi) is 18.6. The van der Waals surface area contributed by atoms with E-state index in [9.17, 15) is 5.11 Å². The molecule has 0 spiro atoms. The van der Waals surface area contributed by atoms with E-state index in [0.29, 0.717) is 12.7 Å². The smallest absolute Gasteiger partial charge is 0.146 e. The van der Waals surface area contributed by atoms with Crippen molar-refractivity contribution in [2.75, 3.05) is 20.0 Å². The molecule has 0 fully saturated rings. The third-order valence-electron chi connectivity index (χ3n) is 6.01. The molecular formula is C26H54O3. The maximum absolute atomic E-state index is 9.55. The van der Waals surface area contributed by atoms with Crippen molar-refractivity contribution in [3.63, 3.8) is 0 Å². The third-order valence-corrected chi connectivity index (χ3v) is 6.01. The van der Waals surface area contributed by atoms with Gasteiger partial charge in [0.1, 0.15) is 6.79 Å². The molecule has 0 saturated carbocycles. The molecule has 0 saturated heterocycles. The highest BCUT2D eigenvalue weighted by Crippen LogP contribution is 2.28. The lowest BCUT2D eigenvalue weighted by atomic mass is 9.82. The van der Waals surface area contributed by atoms with Gasteiger partial charge >= 0.3 is 0 Å². The lowest BCUT2D eigenvalue weighted by Gasteiger charge is -2.24. The zero-order chi connectivity index (χ0) is 22.1. The van der Waals surface area contributed by atoms with Crippen molar-refractivity contribution in [2.45, 2.75) is 119 Å². The quantitative estimate of drug-likeness (QED) is 0.166. The highest BCUT2D eigenvalue weighted by molar-refractivity contribution is 4.68. The number of hydrogen-bond donors (Lipinski definition) is 1. The minimum absolute atomic E-state index is 0.167. The Morgan fingerprint density at radius 1 is 0.586 bits per heavy atom. The largest absolute Gasteiger partial charge is 0.393 e. The summed E-state index contributed by atoms with van der Waals surface area (Å²) in [5.74, 6) is 3.74. The average Bonchev–Trinajstić information content (AvgIpc) is 2.58. The van der Waals surface area contributed by atoms with Crippen molar-refractivity contribution in [3.8, 4) is 0 Å². The van der Waals surface area contributed by atoms with Crippen molar-refractivity contribution in [1.29, 1.82) is 0 Å². The molecule has 1 N–H and O–H groups in total. The summed E-state index contributed by atoms with van der Waals surface area (Å²) in [5, 5.41) is 9.55. The number of rotatable bonds is 20. The van der Waals surface area contributed by atoms with Crippen LogP contribution in [0.4, 0.5) is 0 Å². The molecule has 29 heavy (non-hydrogen) atoms. The number of ether oxygens (including phenoxy) is 2. The van der Waals surface area contributed by atoms with Crippen LogP contribution in [-0.4, -0.2) is 31.2 Å². The molecule has 0 rings (SSSR count). The van der Waals surface area contributed by atoms with Gasteiger partial charge in [-0.05, 0) is 87.9 Å². The highest BCUT2D eigenvalue weighted by atomic mass is 16.7. The molecule has 0 aromatic heterocycles. The first kappa shape index (κ1) is 28.9. The summed E-state index contributed by atoms with van der Waals surface area (Å²) < 4.78 is 11.1. The fourth-order valence-corrected chi connectivity index (χ4v) is 5.00. The molecule has 0 bridgehead atoms. The van der Waals surface area contributed by atoms with E-state index in [1.54, 1.807) is 0 Å². The van der Waals surface area contributed by atoms with E-state index < -0.39 is 0 Å². The van der Waals surface area contributed by atoms with Crippen LogP contribution in [0.25, 0.3) is 0 Å². The van der Waals surface area contributed by atoms with Gasteiger partial charge in [-0.15, -0.1) is 0 Å². The van der Waals surface area contributed by atoms with Gasteiger partial charge in [0.15, 0.2) is 0 Å². The Balaban J connectivity index is 3.74. The standard InChI is InChI=1S/C26H54O3/c1-8-9-10-13-28-20-29-14-11-12-21(2)15-22(3)16-23(4)17-24(5)18-25(6)19-26(7)27/h21-27H,8-20H2,1-7H3. The van der Waals surface area contributed by atoms with Crippen molar-refractivity contribution in [3.05, 3.63) is 0 Å². The van der Waals surface area contributed by atoms with Crippen molar-refractivity contribution in [2.24, 2.45) is 29.6 Å². The Bertz CT molecular complexity index is 345. The summed E-state index contributed by atoms with van der Waals surface area (Å²) >= 11 is 0. The first-order chi connectivity index (χ1) is 13.7. The van der Waals surface area contributed by atoms with Gasteiger partial charge in [-0.25, -0.2) is 0 Å². The molecule has 0 amide bonds. The summed E-state index contributed by atoms with van der Waals surface area (Å²) in [5.41, 5.74) is 0. The van der Waals surface area contributed by atoms with E-state index in [-0.39, 0.29) is 6.10 Å². The van der Waals surface area contributed by atoms with Gasteiger partial charge < -0.3 is 14.6 Å². The molecule has 3 heteroatoms. The fraction of sp³-hybridized carbons (Fsp3) is 1.00. The molecule has 0 aliphatic heterocycles. The van der Waals surface area contributed by atoms with E-state index in [1.165, 1.54) is 44.9 Å². The number of aliphatic hydroxyl groups is 1. The molecule has 0 aromatic carbocycles. The van der Waals surface area contributed by atoms with E-state index in [2.05, 4.69) is 41.5 Å². The maximum Gasteiger partial charge on any atom is 0.146 e. The SMILES string of the molecule is CCCCCOCOCCCC(C)CC(C)CC(C)CC(C)CC(C)CC(C)O. The first-order valence-corrected chi connectivity index (χ1v) is 12.6. The van der Waals surface area contributed by atoms with E-state index in [4.69, 9.17) is 9.47 Å². The first-order valence-electron chi connectivity index (χ1n) is 12.6. The normalized spacial score (nSPS) is 18.2. The number of aliphatic hydroxyl groups excluding tert-OH is 1. The molecule has 0 aliphatic rings. The second kappa shape index (κ2) is 18.6. The van der Waals surface area contributed by atoms with Gasteiger partial charge in [-0.1, -0.05) is 54.4 Å². The van der Waals surface area contributed by atoms with Crippen LogP contribution in [0.1, 0.15) is 113 Å². The van der Waals surface area contributed by atoms with Crippen LogP contribution in [-0.2, 0) is 9.47 Å². The summed E-state index contributed by atoms with van der Waals surface area (Å²) in [6, 6.07) is 0. The lowest BCUT2D eigenvalue weighted by molar-refractivity contribution is -0.0561. The van der Waals surface area contributed by atoms with Gasteiger partial charge in [0.2, 0.25) is 0 Å². The highest BCUT2D eigenvalue weighted by Gasteiger charge is 2.17. The maximum atomic E-state index is 9.55. The lowest BCUT2D eigenvalue weighted by Crippen LogP contribution is -2.14. The zero-order valence-electron chi connectivity index (χ0n) is 20.9. The minimum Gasteiger partial charge on any atom is -0.393 e. The molecular weight excluding hydrogens is 360 g/mol. The number of hydrogen-bond acceptors (Lipinski definition) is 3. The van der Waals surface area contributed by atoms with Crippen LogP contribution in [0.3, 0.4) is 0 Å². The Labute approximate surface area is 183 Å². The van der Waals surface area contributed by atoms with Gasteiger partial charge in [0.25, 0.3) is 0 Å². The van der Waals surface area contributed by atoms with Crippen LogP contribution < -0.4 is 0 Å². The second-order valence-electron chi connectivity index (χ2n) is 10.3. The predicted octanol–water partition coefficient (Wildman–Crippen LogP) is 7.46. The molecule has 0 radical (unpaired) electrons. The monoisotopic (exact) mass is 414 g/mol.